The third kappa shape index (κ3) is 7.63. The number of sulfonamides is 1. The molecule has 10 heteroatoms. The molecule has 1 heterocycles. The van der Waals surface area contributed by atoms with E-state index in [-0.39, 0.29) is 35.8 Å². The fourth-order valence-electron chi connectivity index (χ4n) is 2.77. The number of guanidine groups is 1. The number of benzene rings is 1. The van der Waals surface area contributed by atoms with Crippen LogP contribution in [0.1, 0.15) is 20.3 Å². The first-order chi connectivity index (χ1) is 13.0. The van der Waals surface area contributed by atoms with Crippen LogP contribution < -0.4 is 20.1 Å². The second-order valence-electron chi connectivity index (χ2n) is 6.29. The van der Waals surface area contributed by atoms with Crippen LogP contribution in [-0.4, -0.2) is 70.4 Å². The van der Waals surface area contributed by atoms with Crippen LogP contribution in [0, 0.1) is 0 Å². The van der Waals surface area contributed by atoms with Gasteiger partial charge in [-0.25, -0.2) is 17.7 Å². The molecule has 1 fully saturated rings. The van der Waals surface area contributed by atoms with Crippen LogP contribution in [0.3, 0.4) is 0 Å². The number of hydrogen-bond acceptors (Lipinski definition) is 5. The number of ether oxygens (including phenoxy) is 2. The van der Waals surface area contributed by atoms with Crippen molar-refractivity contribution in [1.82, 2.24) is 14.9 Å². The molecule has 8 nitrogen and oxygen atoms in total. The Labute approximate surface area is 185 Å². The van der Waals surface area contributed by atoms with E-state index >= 15 is 0 Å². The average Bonchev–Trinajstić information content (AvgIpc) is 2.98. The topological polar surface area (TPSA) is 92.3 Å². The highest BCUT2D eigenvalue weighted by Gasteiger charge is 2.27. The largest absolute Gasteiger partial charge is 0.493 e. The van der Waals surface area contributed by atoms with Crippen LogP contribution in [0.2, 0.25) is 0 Å². The van der Waals surface area contributed by atoms with Gasteiger partial charge in [-0.1, -0.05) is 12.1 Å². The number of nitrogens with one attached hydrogen (secondary N) is 2. The van der Waals surface area contributed by atoms with Crippen LogP contribution in [0.15, 0.2) is 29.3 Å². The highest BCUT2D eigenvalue weighted by molar-refractivity contribution is 14.0. The van der Waals surface area contributed by atoms with E-state index < -0.39 is 10.0 Å². The molecule has 160 valence electrons. The molecule has 1 aromatic rings. The second kappa shape index (κ2) is 12.3. The van der Waals surface area contributed by atoms with Crippen molar-refractivity contribution in [3.05, 3.63) is 24.3 Å². The number of para-hydroxylation sites is 2. The standard InChI is InChI=1S/C18H30N4O4S.HI/c1-4-19-18(20-10-12-22-11-7-13-27(22,23)24)21-14-15(2)26-17-9-6-5-8-16(17)25-3;/h5-6,8-9,15H,4,7,10-14H2,1-3H3,(H2,19,20,21);1H. The minimum Gasteiger partial charge on any atom is -0.493 e. The maximum Gasteiger partial charge on any atom is 0.214 e. The van der Waals surface area contributed by atoms with Crippen LogP contribution >= 0.6 is 24.0 Å². The Morgan fingerprint density at radius 3 is 2.61 bits per heavy atom. The summed E-state index contributed by atoms with van der Waals surface area (Å²) in [7, 11) is -1.45. The summed E-state index contributed by atoms with van der Waals surface area (Å²) >= 11 is 0. The molecule has 1 unspecified atom stereocenters. The van der Waals surface area contributed by atoms with Gasteiger partial charge in [0.1, 0.15) is 6.10 Å². The van der Waals surface area contributed by atoms with E-state index in [1.54, 1.807) is 7.11 Å². The van der Waals surface area contributed by atoms with Crippen molar-refractivity contribution in [3.8, 4) is 11.5 Å². The summed E-state index contributed by atoms with van der Waals surface area (Å²) < 4.78 is 36.4. The zero-order valence-corrected chi connectivity index (χ0v) is 19.8. The predicted octanol–water partition coefficient (Wildman–Crippen LogP) is 1.67. The first kappa shape index (κ1) is 24.8. The van der Waals surface area contributed by atoms with Crippen LogP contribution in [0.25, 0.3) is 0 Å². The molecular weight excluding hydrogens is 495 g/mol. The van der Waals surface area contributed by atoms with Gasteiger partial charge in [0.15, 0.2) is 17.5 Å². The zero-order chi connectivity index (χ0) is 19.7. The normalized spacial score (nSPS) is 17.5. The molecule has 1 saturated heterocycles. The Morgan fingerprint density at radius 1 is 1.29 bits per heavy atom. The summed E-state index contributed by atoms with van der Waals surface area (Å²) in [6, 6.07) is 7.50. The summed E-state index contributed by atoms with van der Waals surface area (Å²) in [6.45, 7) is 6.65. The van der Waals surface area contributed by atoms with Gasteiger partial charge in [0.05, 0.1) is 19.4 Å². The monoisotopic (exact) mass is 526 g/mol. The lowest BCUT2D eigenvalue weighted by Crippen LogP contribution is -2.42. The third-order valence-corrected chi connectivity index (χ3v) is 6.06. The molecule has 0 amide bonds. The maximum absolute atomic E-state index is 11.8. The van der Waals surface area contributed by atoms with Gasteiger partial charge < -0.3 is 20.1 Å². The Morgan fingerprint density at radius 2 is 2.00 bits per heavy atom. The number of halogens is 1. The average molecular weight is 526 g/mol. The summed E-state index contributed by atoms with van der Waals surface area (Å²) in [6.07, 6.45) is 0.560. The van der Waals surface area contributed by atoms with E-state index in [0.29, 0.717) is 50.1 Å². The van der Waals surface area contributed by atoms with Gasteiger partial charge in [-0.05, 0) is 32.4 Å². The van der Waals surface area contributed by atoms with Gasteiger partial charge >= 0.3 is 0 Å². The predicted molar refractivity (Wildman–Crippen MR) is 122 cm³/mol. The Kier molecular flexibility index (Phi) is 10.9. The van der Waals surface area contributed by atoms with Crippen LogP contribution in [-0.2, 0) is 10.0 Å². The van der Waals surface area contributed by atoms with E-state index in [9.17, 15) is 8.42 Å². The Hall–Kier alpha value is -1.27. The molecule has 1 aliphatic rings. The van der Waals surface area contributed by atoms with E-state index in [4.69, 9.17) is 9.47 Å². The summed E-state index contributed by atoms with van der Waals surface area (Å²) in [4.78, 5) is 4.53. The highest BCUT2D eigenvalue weighted by Crippen LogP contribution is 2.26. The van der Waals surface area contributed by atoms with E-state index in [2.05, 4.69) is 15.6 Å². The van der Waals surface area contributed by atoms with Gasteiger partial charge in [0.25, 0.3) is 0 Å². The molecule has 0 spiro atoms. The number of aliphatic imine (C=N–C) groups is 1. The lowest BCUT2D eigenvalue weighted by Gasteiger charge is -2.18. The Bertz CT molecular complexity index is 730. The summed E-state index contributed by atoms with van der Waals surface area (Å²) in [5.74, 6) is 2.26. The van der Waals surface area contributed by atoms with Crippen molar-refractivity contribution >= 4 is 40.0 Å². The molecular formula is C18H31IN4O4S. The summed E-state index contributed by atoms with van der Waals surface area (Å²) in [5, 5.41) is 6.34. The lowest BCUT2D eigenvalue weighted by molar-refractivity contribution is 0.219. The fourth-order valence-corrected chi connectivity index (χ4v) is 4.30. The molecule has 0 bridgehead atoms. The van der Waals surface area contributed by atoms with Crippen molar-refractivity contribution in [2.24, 2.45) is 4.99 Å². The highest BCUT2D eigenvalue weighted by atomic mass is 127. The van der Waals surface area contributed by atoms with Crippen LogP contribution in [0.5, 0.6) is 11.5 Å². The number of rotatable bonds is 9. The van der Waals surface area contributed by atoms with Gasteiger partial charge in [-0.2, -0.15) is 0 Å². The minimum absolute atomic E-state index is 0. The van der Waals surface area contributed by atoms with E-state index in [1.165, 1.54) is 4.31 Å². The fraction of sp³-hybridized carbons (Fsp3) is 0.611. The number of nitrogens with zero attached hydrogens (tertiary/aromatic N) is 2. The molecule has 2 rings (SSSR count). The molecule has 1 aliphatic heterocycles. The molecule has 0 radical (unpaired) electrons. The first-order valence-corrected chi connectivity index (χ1v) is 10.9. The van der Waals surface area contributed by atoms with Crippen molar-refractivity contribution in [1.29, 1.82) is 0 Å². The number of methoxy groups -OCH3 is 1. The lowest BCUT2D eigenvalue weighted by atomic mass is 10.3. The van der Waals surface area contributed by atoms with Gasteiger partial charge in [-0.15, -0.1) is 24.0 Å². The second-order valence-corrected chi connectivity index (χ2v) is 8.38. The SMILES string of the molecule is CCNC(=NCC(C)Oc1ccccc1OC)NCCN1CCCS1(=O)=O.I. The summed E-state index contributed by atoms with van der Waals surface area (Å²) in [5.41, 5.74) is 0. The van der Waals surface area contributed by atoms with E-state index in [1.807, 2.05) is 38.1 Å². The van der Waals surface area contributed by atoms with Gasteiger partial charge in [0.2, 0.25) is 10.0 Å². The number of hydrogen-bond donors (Lipinski definition) is 2. The van der Waals surface area contributed by atoms with Crippen molar-refractivity contribution in [3.63, 3.8) is 0 Å². The zero-order valence-electron chi connectivity index (χ0n) is 16.7. The van der Waals surface area contributed by atoms with Crippen LogP contribution in [0.4, 0.5) is 0 Å². The molecule has 0 aliphatic carbocycles. The van der Waals surface area contributed by atoms with Crippen molar-refractivity contribution in [2.75, 3.05) is 45.6 Å². The molecule has 1 atom stereocenters. The smallest absolute Gasteiger partial charge is 0.214 e. The van der Waals surface area contributed by atoms with Gasteiger partial charge in [0, 0.05) is 26.2 Å². The molecule has 0 aromatic heterocycles. The molecule has 0 saturated carbocycles. The third-order valence-electron chi connectivity index (χ3n) is 4.10. The van der Waals surface area contributed by atoms with Gasteiger partial charge in [-0.3, -0.25) is 0 Å². The van der Waals surface area contributed by atoms with E-state index in [0.717, 1.165) is 6.54 Å². The quantitative estimate of drug-likeness (QED) is 0.289. The molecule has 1 aromatic carbocycles. The maximum atomic E-state index is 11.8. The Balaban J connectivity index is 0.00000392. The molecule has 28 heavy (non-hydrogen) atoms. The molecule has 2 N–H and O–H groups in total. The van der Waals surface area contributed by atoms with Crippen molar-refractivity contribution < 1.29 is 17.9 Å². The minimum atomic E-state index is -3.06. The first-order valence-electron chi connectivity index (χ1n) is 9.26. The van der Waals surface area contributed by atoms with Crippen molar-refractivity contribution in [2.45, 2.75) is 26.4 Å².